The molecule has 0 saturated heterocycles. The summed E-state index contributed by atoms with van der Waals surface area (Å²) in [5, 5.41) is 0.308. The normalized spacial score (nSPS) is 11.1. The topological polar surface area (TPSA) is 71.0 Å². The van der Waals surface area contributed by atoms with Gasteiger partial charge in [0, 0.05) is 6.42 Å². The van der Waals surface area contributed by atoms with Crippen molar-refractivity contribution in [3.05, 3.63) is 29.3 Å². The number of benzene rings is 1. The maximum atomic E-state index is 11.2. The Balaban J connectivity index is 2.61. The molecule has 86 valence electrons. The van der Waals surface area contributed by atoms with E-state index in [1.165, 1.54) is 6.07 Å². The average Bonchev–Trinajstić information content (AvgIpc) is 2.29. The summed E-state index contributed by atoms with van der Waals surface area (Å²) < 4.78 is 4.87. The first-order chi connectivity index (χ1) is 7.63. The zero-order chi connectivity index (χ0) is 12.0. The van der Waals surface area contributed by atoms with E-state index < -0.39 is 14.1 Å². The first kappa shape index (κ1) is 12.9. The van der Waals surface area contributed by atoms with Crippen LogP contribution < -0.4 is 9.42 Å². The molecule has 0 saturated carbocycles. The van der Waals surface area contributed by atoms with Crippen LogP contribution in [0.3, 0.4) is 0 Å². The van der Waals surface area contributed by atoms with Gasteiger partial charge in [-0.3, -0.25) is 9.36 Å². The molecule has 0 bridgehead atoms. The van der Waals surface area contributed by atoms with Crippen molar-refractivity contribution in [1.82, 2.24) is 0 Å². The van der Waals surface area contributed by atoms with E-state index in [0.717, 1.165) is 0 Å². The van der Waals surface area contributed by atoms with Crippen molar-refractivity contribution >= 4 is 25.7 Å². The monoisotopic (exact) mass is 261 g/mol. The van der Waals surface area contributed by atoms with Crippen LogP contribution in [0.4, 0.5) is 0 Å². The van der Waals surface area contributed by atoms with Gasteiger partial charge in [-0.1, -0.05) is 30.7 Å². The quantitative estimate of drug-likeness (QED) is 0.616. The minimum atomic E-state index is -2.46. The van der Waals surface area contributed by atoms with E-state index in [-0.39, 0.29) is 12.2 Å². The summed E-state index contributed by atoms with van der Waals surface area (Å²) >= 11 is 5.76. The van der Waals surface area contributed by atoms with Gasteiger partial charge in [0.1, 0.15) is 0 Å². The van der Waals surface area contributed by atoms with E-state index in [2.05, 4.69) is 9.75 Å². The molecule has 0 spiro atoms. The lowest BCUT2D eigenvalue weighted by molar-refractivity contribution is -0.174. The van der Waals surface area contributed by atoms with Crippen LogP contribution in [0.5, 0.6) is 5.75 Å². The molecular weight excluding hydrogens is 253 g/mol. The minimum absolute atomic E-state index is 0.152. The van der Waals surface area contributed by atoms with Gasteiger partial charge in [-0.15, -0.1) is 0 Å². The smallest absolute Gasteiger partial charge is 0.439 e. The number of rotatable bonds is 4. The number of carbonyl (C=O) groups excluding carboxylic acids is 1. The van der Waals surface area contributed by atoms with Gasteiger partial charge in [-0.2, -0.15) is 0 Å². The summed E-state index contributed by atoms with van der Waals surface area (Å²) in [5.74, 6) is -0.354. The Morgan fingerprint density at radius 1 is 1.56 bits per heavy atom. The van der Waals surface area contributed by atoms with Gasteiger partial charge in [0.05, 0.1) is 5.02 Å². The molecule has 0 aromatic heterocycles. The van der Waals surface area contributed by atoms with E-state index in [1.54, 1.807) is 25.1 Å². The molecule has 0 amide bonds. The second kappa shape index (κ2) is 6.43. The fourth-order valence-corrected chi connectivity index (χ4v) is 1.51. The number of nitrogens with zero attached hydrogens (tertiary/aromatic N) is 1. The molecule has 1 aromatic carbocycles. The molecule has 0 N–H and O–H groups in total. The molecule has 5 nitrogen and oxygen atoms in total. The largest absolute Gasteiger partial charge is 0.573 e. The lowest BCUT2D eigenvalue weighted by atomic mass is 10.3. The van der Waals surface area contributed by atoms with Gasteiger partial charge in [0.2, 0.25) is 5.75 Å². The third-order valence-electron chi connectivity index (χ3n) is 1.51. The van der Waals surface area contributed by atoms with Crippen molar-refractivity contribution in [2.45, 2.75) is 13.3 Å². The molecule has 16 heavy (non-hydrogen) atoms. The Morgan fingerprint density at radius 2 is 2.25 bits per heavy atom. The number of para-hydroxylation sites is 1. The van der Waals surface area contributed by atoms with Crippen molar-refractivity contribution in [3.8, 4) is 5.75 Å². The fourth-order valence-electron chi connectivity index (χ4n) is 0.763. The molecule has 0 radical (unpaired) electrons. The molecule has 0 heterocycles. The number of halogens is 1. The van der Waals surface area contributed by atoms with Gasteiger partial charge < -0.3 is 4.89 Å². The summed E-state index contributed by atoms with van der Waals surface area (Å²) in [7, 11) is -2.46. The highest BCUT2D eigenvalue weighted by Gasteiger charge is 2.10. The maximum absolute atomic E-state index is 11.2. The summed E-state index contributed by atoms with van der Waals surface area (Å²) in [6.45, 7) is 1.60. The molecular formula is C9H9ClNO4P. The predicted octanol–water partition coefficient (Wildman–Crippen LogP) is 2.44. The van der Waals surface area contributed by atoms with Crippen LogP contribution in [0.15, 0.2) is 29.2 Å². The van der Waals surface area contributed by atoms with E-state index in [9.17, 15) is 9.69 Å². The van der Waals surface area contributed by atoms with Crippen LogP contribution in [0.25, 0.3) is 0 Å². The molecule has 1 aromatic rings. The lowest BCUT2D eigenvalue weighted by Crippen LogP contribution is -1.99. The van der Waals surface area contributed by atoms with Crippen LogP contribution in [-0.4, -0.2) is 5.97 Å². The maximum Gasteiger partial charge on any atom is 0.439 e. The van der Waals surface area contributed by atoms with Gasteiger partial charge >= 0.3 is 14.1 Å². The summed E-state index contributed by atoms with van der Waals surface area (Å²) in [6, 6.07) is 6.49. The van der Waals surface area contributed by atoms with Crippen LogP contribution in [0.1, 0.15) is 13.3 Å². The van der Waals surface area contributed by atoms with Crippen molar-refractivity contribution in [1.29, 1.82) is 0 Å². The zero-order valence-electron chi connectivity index (χ0n) is 8.42. The Hall–Kier alpha value is -1.16. The van der Waals surface area contributed by atoms with E-state index in [4.69, 9.17) is 16.1 Å². The molecule has 0 aliphatic rings. The Kier molecular flexibility index (Phi) is 5.19. The second-order valence-electron chi connectivity index (χ2n) is 2.66. The summed E-state index contributed by atoms with van der Waals surface area (Å²) in [5.41, 5.74) is 0. The number of hydrogen-bond acceptors (Lipinski definition) is 5. The Morgan fingerprint density at radius 3 is 2.88 bits per heavy atom. The molecule has 0 aliphatic carbocycles. The molecule has 1 rings (SSSR count). The first-order valence-corrected chi connectivity index (χ1v) is 5.95. The van der Waals surface area contributed by atoms with Gasteiger partial charge in [-0.05, 0) is 12.1 Å². The van der Waals surface area contributed by atoms with Crippen LogP contribution in [0, 0.1) is 0 Å². The predicted molar refractivity (Wildman–Crippen MR) is 57.8 cm³/mol. The molecule has 1 atom stereocenters. The first-order valence-electron chi connectivity index (χ1n) is 4.44. The van der Waals surface area contributed by atoms with Crippen LogP contribution >= 0.6 is 19.8 Å². The van der Waals surface area contributed by atoms with Crippen molar-refractivity contribution in [2.75, 3.05) is 0 Å². The molecule has 0 fully saturated rings. The van der Waals surface area contributed by atoms with Crippen LogP contribution in [0.2, 0.25) is 5.02 Å². The lowest BCUT2D eigenvalue weighted by Gasteiger charge is -1.98. The fraction of sp³-hybridized carbons (Fsp3) is 0.222. The minimum Gasteiger partial charge on any atom is -0.573 e. The highest BCUT2D eigenvalue weighted by Crippen LogP contribution is 2.30. The second-order valence-corrected chi connectivity index (χ2v) is 3.89. The number of hydrogen-bond donors (Lipinski definition) is 0. The third-order valence-corrected chi connectivity index (χ3v) is 2.39. The van der Waals surface area contributed by atoms with Crippen molar-refractivity contribution < 1.29 is 19.0 Å². The average molecular weight is 262 g/mol. The highest BCUT2D eigenvalue weighted by atomic mass is 35.5. The SMILES string of the molecule is CCC(=O)ON=[P+]([O-])Oc1ccccc1Cl. The Bertz CT molecular complexity index is 410. The Labute approximate surface area is 98.5 Å². The van der Waals surface area contributed by atoms with Gasteiger partial charge in [0.25, 0.3) is 0 Å². The van der Waals surface area contributed by atoms with Gasteiger partial charge in [0.15, 0.2) is 4.91 Å². The number of carbonyl (C=O) groups is 1. The molecule has 1 unspecified atom stereocenters. The zero-order valence-corrected chi connectivity index (χ0v) is 10.1. The summed E-state index contributed by atoms with van der Waals surface area (Å²) in [6.07, 6.45) is 0.152. The highest BCUT2D eigenvalue weighted by molar-refractivity contribution is 7.33. The van der Waals surface area contributed by atoms with Crippen LogP contribution in [-0.2, 0) is 9.63 Å². The third kappa shape index (κ3) is 4.14. The molecule has 7 heteroatoms. The summed E-state index contributed by atoms with van der Waals surface area (Å²) in [4.78, 5) is 29.3. The van der Waals surface area contributed by atoms with E-state index >= 15 is 0 Å². The van der Waals surface area contributed by atoms with E-state index in [1.807, 2.05) is 0 Å². The molecule has 0 aliphatic heterocycles. The van der Waals surface area contributed by atoms with E-state index in [0.29, 0.717) is 5.02 Å². The standard InChI is InChI=1S/C9H9ClNO4P/c1-2-9(12)14-11-16(13)15-8-6-4-3-5-7(8)10/h3-6H,2H2,1H3. The van der Waals surface area contributed by atoms with Crippen molar-refractivity contribution in [2.24, 2.45) is 4.91 Å². The van der Waals surface area contributed by atoms with Gasteiger partial charge in [-0.25, -0.2) is 4.79 Å². The van der Waals surface area contributed by atoms with Crippen molar-refractivity contribution in [3.63, 3.8) is 0 Å².